The van der Waals surface area contributed by atoms with Gasteiger partial charge in [-0.2, -0.15) is 0 Å². The fourth-order valence-electron chi connectivity index (χ4n) is 0.552. The predicted octanol–water partition coefficient (Wildman–Crippen LogP) is 1.16. The SMILES string of the molecule is C=C/C=C(\C=C)CC(N)=O. The fraction of sp³-hybridized carbons (Fsp3) is 0.125. The van der Waals surface area contributed by atoms with Gasteiger partial charge >= 0.3 is 0 Å². The van der Waals surface area contributed by atoms with Gasteiger partial charge < -0.3 is 5.73 Å². The monoisotopic (exact) mass is 137 g/mol. The Morgan fingerprint density at radius 2 is 2.10 bits per heavy atom. The number of amides is 1. The summed E-state index contributed by atoms with van der Waals surface area (Å²) in [6.45, 7) is 6.99. The van der Waals surface area contributed by atoms with E-state index < -0.39 is 0 Å². The standard InChI is InChI=1S/C8H11NO/c1-3-5-7(4-2)6-8(9)10/h3-5H,1-2,6H2,(H2,9,10)/b7-5+. The van der Waals surface area contributed by atoms with Crippen LogP contribution in [0.4, 0.5) is 0 Å². The van der Waals surface area contributed by atoms with E-state index in [1.807, 2.05) is 0 Å². The van der Waals surface area contributed by atoms with E-state index >= 15 is 0 Å². The minimum atomic E-state index is -0.354. The Kier molecular flexibility index (Phi) is 3.96. The van der Waals surface area contributed by atoms with Crippen LogP contribution in [0.25, 0.3) is 0 Å². The Hall–Kier alpha value is -1.31. The van der Waals surface area contributed by atoms with Crippen LogP contribution in [0.5, 0.6) is 0 Å². The smallest absolute Gasteiger partial charge is 0.221 e. The Morgan fingerprint density at radius 1 is 1.50 bits per heavy atom. The largest absolute Gasteiger partial charge is 0.369 e. The molecule has 0 aliphatic heterocycles. The van der Waals surface area contributed by atoms with Crippen molar-refractivity contribution >= 4 is 5.91 Å². The van der Waals surface area contributed by atoms with Crippen LogP contribution in [0.2, 0.25) is 0 Å². The van der Waals surface area contributed by atoms with Gasteiger partial charge in [0.1, 0.15) is 0 Å². The maximum Gasteiger partial charge on any atom is 0.221 e. The molecule has 0 fully saturated rings. The summed E-state index contributed by atoms with van der Waals surface area (Å²) in [5.74, 6) is -0.354. The molecule has 0 aromatic carbocycles. The van der Waals surface area contributed by atoms with Crippen LogP contribution in [0.15, 0.2) is 37.0 Å². The number of carbonyl (C=O) groups is 1. The van der Waals surface area contributed by atoms with Crippen molar-refractivity contribution in [3.8, 4) is 0 Å². The zero-order chi connectivity index (χ0) is 7.98. The normalized spacial score (nSPS) is 10.6. The molecular weight excluding hydrogens is 126 g/mol. The molecule has 0 saturated heterocycles. The number of hydrogen-bond donors (Lipinski definition) is 1. The molecule has 0 radical (unpaired) electrons. The van der Waals surface area contributed by atoms with Gasteiger partial charge in [-0.1, -0.05) is 31.4 Å². The van der Waals surface area contributed by atoms with Gasteiger partial charge in [0.05, 0.1) is 6.42 Å². The summed E-state index contributed by atoms with van der Waals surface area (Å²) in [6.07, 6.45) is 5.12. The fourth-order valence-corrected chi connectivity index (χ4v) is 0.552. The third kappa shape index (κ3) is 3.66. The summed E-state index contributed by atoms with van der Waals surface area (Å²) in [4.78, 5) is 10.3. The molecule has 0 aromatic rings. The number of primary amides is 1. The molecule has 0 aromatic heterocycles. The topological polar surface area (TPSA) is 43.1 Å². The number of carbonyl (C=O) groups excluding carboxylic acids is 1. The van der Waals surface area contributed by atoms with Gasteiger partial charge in [0.2, 0.25) is 5.91 Å². The van der Waals surface area contributed by atoms with Crippen LogP contribution in [-0.2, 0) is 4.79 Å². The van der Waals surface area contributed by atoms with Crippen LogP contribution in [0.3, 0.4) is 0 Å². The van der Waals surface area contributed by atoms with Crippen molar-refractivity contribution in [2.75, 3.05) is 0 Å². The average molecular weight is 137 g/mol. The van der Waals surface area contributed by atoms with Gasteiger partial charge in [-0.25, -0.2) is 0 Å². The second-order valence-electron chi connectivity index (χ2n) is 1.82. The Bertz CT molecular complexity index is 180. The van der Waals surface area contributed by atoms with E-state index in [9.17, 15) is 4.79 Å². The first kappa shape index (κ1) is 8.69. The van der Waals surface area contributed by atoms with Crippen molar-refractivity contribution in [3.63, 3.8) is 0 Å². The molecule has 0 spiro atoms. The van der Waals surface area contributed by atoms with Gasteiger partial charge in [-0.3, -0.25) is 4.79 Å². The van der Waals surface area contributed by atoms with E-state index in [1.54, 1.807) is 18.2 Å². The predicted molar refractivity (Wildman–Crippen MR) is 42.3 cm³/mol. The molecule has 0 rings (SSSR count). The molecule has 0 unspecified atom stereocenters. The Morgan fingerprint density at radius 3 is 2.40 bits per heavy atom. The second-order valence-corrected chi connectivity index (χ2v) is 1.82. The van der Waals surface area contributed by atoms with Crippen molar-refractivity contribution in [2.45, 2.75) is 6.42 Å². The highest BCUT2D eigenvalue weighted by atomic mass is 16.1. The van der Waals surface area contributed by atoms with Crippen LogP contribution in [-0.4, -0.2) is 5.91 Å². The minimum absolute atomic E-state index is 0.232. The number of hydrogen-bond acceptors (Lipinski definition) is 1. The van der Waals surface area contributed by atoms with Crippen LogP contribution >= 0.6 is 0 Å². The second kappa shape index (κ2) is 4.56. The van der Waals surface area contributed by atoms with Crippen molar-refractivity contribution in [2.24, 2.45) is 5.73 Å². The van der Waals surface area contributed by atoms with Crippen LogP contribution < -0.4 is 5.73 Å². The lowest BCUT2D eigenvalue weighted by Crippen LogP contribution is -2.10. The number of rotatable bonds is 4. The lowest BCUT2D eigenvalue weighted by Gasteiger charge is -1.93. The molecule has 0 atom stereocenters. The first-order valence-electron chi connectivity index (χ1n) is 2.93. The highest BCUT2D eigenvalue weighted by molar-refractivity contribution is 5.77. The quantitative estimate of drug-likeness (QED) is 0.580. The van der Waals surface area contributed by atoms with Crippen molar-refractivity contribution < 1.29 is 4.79 Å². The summed E-state index contributed by atoms with van der Waals surface area (Å²) < 4.78 is 0. The lowest BCUT2D eigenvalue weighted by atomic mass is 10.1. The molecule has 0 aliphatic rings. The number of nitrogens with two attached hydrogens (primary N) is 1. The minimum Gasteiger partial charge on any atom is -0.369 e. The molecule has 0 saturated carbocycles. The molecule has 10 heavy (non-hydrogen) atoms. The zero-order valence-corrected chi connectivity index (χ0v) is 5.84. The third-order valence-corrected chi connectivity index (χ3v) is 0.972. The van der Waals surface area contributed by atoms with Crippen molar-refractivity contribution in [1.29, 1.82) is 0 Å². The lowest BCUT2D eigenvalue weighted by molar-refractivity contribution is -0.117. The van der Waals surface area contributed by atoms with E-state index in [4.69, 9.17) is 5.73 Å². The molecule has 1 amide bonds. The van der Waals surface area contributed by atoms with E-state index in [0.29, 0.717) is 0 Å². The first-order valence-corrected chi connectivity index (χ1v) is 2.93. The molecule has 0 bridgehead atoms. The molecule has 0 aliphatic carbocycles. The number of allylic oxidation sites excluding steroid dienone is 3. The van der Waals surface area contributed by atoms with Crippen LogP contribution in [0.1, 0.15) is 6.42 Å². The summed E-state index contributed by atoms with van der Waals surface area (Å²) in [6, 6.07) is 0. The highest BCUT2D eigenvalue weighted by Gasteiger charge is 1.94. The van der Waals surface area contributed by atoms with Crippen molar-refractivity contribution in [1.82, 2.24) is 0 Å². The molecule has 0 heterocycles. The third-order valence-electron chi connectivity index (χ3n) is 0.972. The molecule has 2 heteroatoms. The van der Waals surface area contributed by atoms with E-state index in [1.165, 1.54) is 0 Å². The molecular formula is C8H11NO. The van der Waals surface area contributed by atoms with Gasteiger partial charge in [0, 0.05) is 0 Å². The van der Waals surface area contributed by atoms with E-state index in [0.717, 1.165) is 5.57 Å². The Labute approximate surface area is 60.7 Å². The maximum atomic E-state index is 10.3. The molecule has 2 nitrogen and oxygen atoms in total. The first-order chi connectivity index (χ1) is 4.70. The molecule has 2 N–H and O–H groups in total. The van der Waals surface area contributed by atoms with Crippen LogP contribution in [0, 0.1) is 0 Å². The van der Waals surface area contributed by atoms with Gasteiger partial charge in [0.15, 0.2) is 0 Å². The van der Waals surface area contributed by atoms with Crippen molar-refractivity contribution in [3.05, 3.63) is 37.0 Å². The summed E-state index contributed by atoms with van der Waals surface area (Å²) in [5, 5.41) is 0. The Balaban J connectivity index is 4.08. The highest BCUT2D eigenvalue weighted by Crippen LogP contribution is 2.00. The summed E-state index contributed by atoms with van der Waals surface area (Å²) >= 11 is 0. The van der Waals surface area contributed by atoms with E-state index in [-0.39, 0.29) is 12.3 Å². The zero-order valence-electron chi connectivity index (χ0n) is 5.84. The van der Waals surface area contributed by atoms with Gasteiger partial charge in [-0.15, -0.1) is 0 Å². The average Bonchev–Trinajstić information content (AvgIpc) is 1.86. The maximum absolute atomic E-state index is 10.3. The summed E-state index contributed by atoms with van der Waals surface area (Å²) in [7, 11) is 0. The van der Waals surface area contributed by atoms with Gasteiger partial charge in [-0.05, 0) is 5.57 Å². The summed E-state index contributed by atoms with van der Waals surface area (Å²) in [5.41, 5.74) is 5.73. The van der Waals surface area contributed by atoms with E-state index in [2.05, 4.69) is 13.2 Å². The van der Waals surface area contributed by atoms with Gasteiger partial charge in [0.25, 0.3) is 0 Å². The molecule has 54 valence electrons.